The number of halogens is 4. The average Bonchev–Trinajstić information content (AvgIpc) is 2.53. The maximum absolute atomic E-state index is 14.0. The number of carbonyl (C=O) groups is 2. The summed E-state index contributed by atoms with van der Waals surface area (Å²) in [5.74, 6) is -5.41. The highest BCUT2D eigenvalue weighted by Crippen LogP contribution is 2.22. The van der Waals surface area contributed by atoms with Crippen LogP contribution >= 0.6 is 11.6 Å². The van der Waals surface area contributed by atoms with Gasteiger partial charge in [-0.25, -0.2) is 18.2 Å². The number of rotatable bonds is 2. The zero-order valence-corrected chi connectivity index (χ0v) is 15.0. The Balaban J connectivity index is 2.42. The van der Waals surface area contributed by atoms with Gasteiger partial charge in [-0.05, 0) is 45.0 Å². The van der Waals surface area contributed by atoms with Gasteiger partial charge in [-0.2, -0.15) is 0 Å². The summed E-state index contributed by atoms with van der Waals surface area (Å²) in [6, 6.07) is 6.80. The highest BCUT2D eigenvalue weighted by atomic mass is 35.5. The van der Waals surface area contributed by atoms with Gasteiger partial charge in [0, 0.05) is 0 Å². The molecule has 0 atom stereocenters. The first-order valence-corrected chi connectivity index (χ1v) is 7.95. The van der Waals surface area contributed by atoms with Crippen molar-refractivity contribution in [1.82, 2.24) is 10.4 Å². The third kappa shape index (κ3) is 3.99. The molecule has 8 heteroatoms. The Morgan fingerprint density at radius 3 is 2.15 bits per heavy atom. The third-order valence-corrected chi connectivity index (χ3v) is 3.77. The van der Waals surface area contributed by atoms with Crippen molar-refractivity contribution in [2.45, 2.75) is 26.3 Å². The summed E-state index contributed by atoms with van der Waals surface area (Å²) in [7, 11) is 0. The summed E-state index contributed by atoms with van der Waals surface area (Å²) < 4.78 is 41.3. The molecule has 0 saturated carbocycles. The smallest absolute Gasteiger partial charge is 0.267 e. The standard InChI is InChI=1S/C18H16ClF3N2O2/c1-18(2,3)24(17(26)10-6-4-9-13(21)15(10)22)23-16(25)14-11(19)7-5-8-12(14)20/h4-9H,1-3H3,(H,23,25). The predicted octanol–water partition coefficient (Wildman–Crippen LogP) is 4.34. The van der Waals surface area contributed by atoms with Crippen LogP contribution in [0.3, 0.4) is 0 Å². The van der Waals surface area contributed by atoms with Crippen LogP contribution in [0.1, 0.15) is 41.5 Å². The Bertz CT molecular complexity index is 846. The van der Waals surface area contributed by atoms with E-state index in [4.69, 9.17) is 11.6 Å². The number of carbonyl (C=O) groups excluding carboxylic acids is 2. The molecule has 4 nitrogen and oxygen atoms in total. The lowest BCUT2D eigenvalue weighted by molar-refractivity contribution is 0.0352. The lowest BCUT2D eigenvalue weighted by atomic mass is 10.1. The molecule has 0 heterocycles. The Kier molecular flexibility index (Phi) is 5.61. The van der Waals surface area contributed by atoms with Crippen LogP contribution in [0.2, 0.25) is 5.02 Å². The van der Waals surface area contributed by atoms with Crippen molar-refractivity contribution in [3.63, 3.8) is 0 Å². The largest absolute Gasteiger partial charge is 0.275 e. The van der Waals surface area contributed by atoms with E-state index in [9.17, 15) is 22.8 Å². The van der Waals surface area contributed by atoms with Crippen molar-refractivity contribution in [3.8, 4) is 0 Å². The maximum atomic E-state index is 14.0. The van der Waals surface area contributed by atoms with E-state index >= 15 is 0 Å². The number of benzene rings is 2. The summed E-state index contributed by atoms with van der Waals surface area (Å²) in [5.41, 5.74) is 0.175. The van der Waals surface area contributed by atoms with Crippen LogP contribution in [0.25, 0.3) is 0 Å². The molecule has 2 amide bonds. The topological polar surface area (TPSA) is 49.4 Å². The van der Waals surface area contributed by atoms with Gasteiger partial charge in [-0.3, -0.25) is 15.0 Å². The minimum Gasteiger partial charge on any atom is -0.267 e. The van der Waals surface area contributed by atoms with E-state index in [-0.39, 0.29) is 5.02 Å². The number of nitrogens with one attached hydrogen (secondary N) is 1. The van der Waals surface area contributed by atoms with Crippen molar-refractivity contribution in [2.75, 3.05) is 0 Å². The fourth-order valence-corrected chi connectivity index (χ4v) is 2.43. The van der Waals surface area contributed by atoms with E-state index in [0.29, 0.717) is 0 Å². The van der Waals surface area contributed by atoms with Gasteiger partial charge in [0.1, 0.15) is 5.82 Å². The van der Waals surface area contributed by atoms with Crippen LogP contribution in [0, 0.1) is 17.5 Å². The molecule has 1 N–H and O–H groups in total. The maximum Gasteiger partial charge on any atom is 0.275 e. The first-order valence-electron chi connectivity index (χ1n) is 7.57. The van der Waals surface area contributed by atoms with Crippen LogP contribution < -0.4 is 5.43 Å². The van der Waals surface area contributed by atoms with Crippen molar-refractivity contribution < 1.29 is 22.8 Å². The molecule has 0 aliphatic rings. The second-order valence-corrected chi connectivity index (χ2v) is 6.86. The number of nitrogens with zero attached hydrogens (tertiary/aromatic N) is 1. The van der Waals surface area contributed by atoms with Gasteiger partial charge in [-0.15, -0.1) is 0 Å². The summed E-state index contributed by atoms with van der Waals surface area (Å²) in [6.07, 6.45) is 0. The van der Waals surface area contributed by atoms with Gasteiger partial charge in [-0.1, -0.05) is 23.7 Å². The highest BCUT2D eigenvalue weighted by Gasteiger charge is 2.32. The summed E-state index contributed by atoms with van der Waals surface area (Å²) in [4.78, 5) is 25.1. The van der Waals surface area contributed by atoms with Gasteiger partial charge in [0.2, 0.25) is 0 Å². The first-order chi connectivity index (χ1) is 12.0. The Morgan fingerprint density at radius 2 is 1.58 bits per heavy atom. The van der Waals surface area contributed by atoms with E-state index in [1.807, 2.05) is 0 Å². The molecular weight excluding hydrogens is 369 g/mol. The minimum absolute atomic E-state index is 0.152. The van der Waals surface area contributed by atoms with Crippen LogP contribution in [0.15, 0.2) is 36.4 Å². The lowest BCUT2D eigenvalue weighted by Gasteiger charge is -2.35. The second kappa shape index (κ2) is 7.37. The quantitative estimate of drug-likeness (QED) is 0.783. The Labute approximate surface area is 153 Å². The first kappa shape index (κ1) is 19.8. The monoisotopic (exact) mass is 384 g/mol. The predicted molar refractivity (Wildman–Crippen MR) is 91.2 cm³/mol. The molecule has 0 spiro atoms. The number of hydrogen-bond donors (Lipinski definition) is 1. The summed E-state index contributed by atoms with van der Waals surface area (Å²) in [5, 5.41) is 0.649. The average molecular weight is 385 g/mol. The second-order valence-electron chi connectivity index (χ2n) is 6.45. The SMILES string of the molecule is CC(C)(C)N(NC(=O)c1c(F)cccc1Cl)C(=O)c1cccc(F)c1F. The molecule has 0 saturated heterocycles. The number of amides is 2. The molecular formula is C18H16ClF3N2O2. The Morgan fingerprint density at radius 1 is 1.00 bits per heavy atom. The van der Waals surface area contributed by atoms with Crippen LogP contribution in [0.4, 0.5) is 13.2 Å². The van der Waals surface area contributed by atoms with E-state index in [2.05, 4.69) is 5.43 Å². The Hall–Kier alpha value is -2.54. The zero-order valence-electron chi connectivity index (χ0n) is 14.2. The van der Waals surface area contributed by atoms with Crippen molar-refractivity contribution in [3.05, 3.63) is 70.0 Å². The van der Waals surface area contributed by atoms with Gasteiger partial charge in [0.15, 0.2) is 11.6 Å². The van der Waals surface area contributed by atoms with Gasteiger partial charge >= 0.3 is 0 Å². The normalized spacial score (nSPS) is 11.2. The summed E-state index contributed by atoms with van der Waals surface area (Å²) >= 11 is 5.85. The fraction of sp³-hybridized carbons (Fsp3) is 0.222. The molecule has 0 fully saturated rings. The van der Waals surface area contributed by atoms with Crippen LogP contribution in [-0.4, -0.2) is 22.4 Å². The fourth-order valence-electron chi connectivity index (χ4n) is 2.18. The van der Waals surface area contributed by atoms with Crippen molar-refractivity contribution in [2.24, 2.45) is 0 Å². The molecule has 0 bridgehead atoms. The van der Waals surface area contributed by atoms with E-state index in [1.54, 1.807) is 20.8 Å². The molecule has 2 rings (SSSR count). The van der Waals surface area contributed by atoms with Crippen LogP contribution in [-0.2, 0) is 0 Å². The van der Waals surface area contributed by atoms with E-state index < -0.39 is 45.9 Å². The summed E-state index contributed by atoms with van der Waals surface area (Å²) in [6.45, 7) is 4.68. The molecule has 0 unspecified atom stereocenters. The number of hydrogen-bond acceptors (Lipinski definition) is 2. The molecule has 0 radical (unpaired) electrons. The molecule has 0 aliphatic heterocycles. The van der Waals surface area contributed by atoms with Gasteiger partial charge in [0.25, 0.3) is 11.8 Å². The van der Waals surface area contributed by atoms with Crippen molar-refractivity contribution >= 4 is 23.4 Å². The number of hydrazine groups is 1. The van der Waals surface area contributed by atoms with E-state index in [1.165, 1.54) is 18.2 Å². The van der Waals surface area contributed by atoms with Gasteiger partial charge < -0.3 is 0 Å². The molecule has 26 heavy (non-hydrogen) atoms. The molecule has 0 aliphatic carbocycles. The molecule has 2 aromatic carbocycles. The van der Waals surface area contributed by atoms with E-state index in [0.717, 1.165) is 23.2 Å². The molecule has 2 aromatic rings. The lowest BCUT2D eigenvalue weighted by Crippen LogP contribution is -2.56. The minimum atomic E-state index is -1.34. The van der Waals surface area contributed by atoms with Gasteiger partial charge in [0.05, 0.1) is 21.7 Å². The third-order valence-electron chi connectivity index (χ3n) is 3.46. The van der Waals surface area contributed by atoms with Crippen molar-refractivity contribution in [1.29, 1.82) is 0 Å². The molecule has 0 aromatic heterocycles. The zero-order chi connectivity index (χ0) is 19.6. The highest BCUT2D eigenvalue weighted by molar-refractivity contribution is 6.33. The van der Waals surface area contributed by atoms with Crippen LogP contribution in [0.5, 0.6) is 0 Å². The molecule has 138 valence electrons.